The van der Waals surface area contributed by atoms with E-state index in [2.05, 4.69) is 15.9 Å². The van der Waals surface area contributed by atoms with Crippen molar-refractivity contribution in [3.05, 3.63) is 34.1 Å². The molecule has 0 atom stereocenters. The highest BCUT2D eigenvalue weighted by Gasteiger charge is 2.22. The number of alkyl halides is 1. The standard InChI is InChI=1S/C12H12BrClFNO/c13-9-5-8(6-11(15)7-9)12(17)16-3-1-10(14)2-4-16/h5-7,10H,1-4H2. The molecule has 2 rings (SSSR count). The largest absolute Gasteiger partial charge is 0.339 e. The van der Waals surface area contributed by atoms with Gasteiger partial charge < -0.3 is 4.90 Å². The van der Waals surface area contributed by atoms with Crippen molar-refractivity contribution < 1.29 is 9.18 Å². The number of nitrogens with zero attached hydrogens (tertiary/aromatic N) is 1. The van der Waals surface area contributed by atoms with Gasteiger partial charge in [-0.1, -0.05) is 15.9 Å². The van der Waals surface area contributed by atoms with Crippen LogP contribution < -0.4 is 0 Å². The van der Waals surface area contributed by atoms with Crippen LogP contribution in [0.2, 0.25) is 0 Å². The Bertz CT molecular complexity index is 412. The van der Waals surface area contributed by atoms with E-state index in [4.69, 9.17) is 11.6 Å². The zero-order valence-corrected chi connectivity index (χ0v) is 11.5. The lowest BCUT2D eigenvalue weighted by molar-refractivity contribution is 0.0726. The molecule has 0 radical (unpaired) electrons. The van der Waals surface area contributed by atoms with Crippen molar-refractivity contribution in [2.24, 2.45) is 0 Å². The number of halogens is 3. The van der Waals surface area contributed by atoms with Crippen molar-refractivity contribution in [1.82, 2.24) is 4.90 Å². The lowest BCUT2D eigenvalue weighted by Gasteiger charge is -2.29. The van der Waals surface area contributed by atoms with Crippen LogP contribution >= 0.6 is 27.5 Å². The van der Waals surface area contributed by atoms with Crippen molar-refractivity contribution in [3.63, 3.8) is 0 Å². The molecule has 1 heterocycles. The molecular formula is C12H12BrClFNO. The third kappa shape index (κ3) is 3.19. The average Bonchev–Trinajstić information content (AvgIpc) is 2.28. The quantitative estimate of drug-likeness (QED) is 0.726. The summed E-state index contributed by atoms with van der Waals surface area (Å²) in [7, 11) is 0. The van der Waals surface area contributed by atoms with Crippen LogP contribution in [0.4, 0.5) is 4.39 Å². The van der Waals surface area contributed by atoms with E-state index >= 15 is 0 Å². The minimum atomic E-state index is -0.407. The lowest BCUT2D eigenvalue weighted by Crippen LogP contribution is -2.38. The topological polar surface area (TPSA) is 20.3 Å². The number of hydrogen-bond donors (Lipinski definition) is 0. The molecule has 1 aliphatic heterocycles. The molecule has 0 bridgehead atoms. The summed E-state index contributed by atoms with van der Waals surface area (Å²) < 4.78 is 13.8. The van der Waals surface area contributed by atoms with Gasteiger partial charge in [-0.3, -0.25) is 4.79 Å². The monoisotopic (exact) mass is 319 g/mol. The summed E-state index contributed by atoms with van der Waals surface area (Å²) >= 11 is 9.16. The third-order valence-corrected chi connectivity index (χ3v) is 3.72. The van der Waals surface area contributed by atoms with Crippen LogP contribution in [0, 0.1) is 5.82 Å². The second kappa shape index (κ2) is 5.36. The van der Waals surface area contributed by atoms with E-state index in [1.807, 2.05) is 0 Å². The van der Waals surface area contributed by atoms with Crippen LogP contribution in [0.3, 0.4) is 0 Å². The molecule has 92 valence electrons. The maximum atomic E-state index is 13.2. The number of carbonyl (C=O) groups excluding carboxylic acids is 1. The highest BCUT2D eigenvalue weighted by atomic mass is 79.9. The van der Waals surface area contributed by atoms with Crippen molar-refractivity contribution >= 4 is 33.4 Å². The molecule has 1 saturated heterocycles. The number of carbonyl (C=O) groups is 1. The second-order valence-electron chi connectivity index (χ2n) is 4.12. The van der Waals surface area contributed by atoms with Crippen LogP contribution in [-0.2, 0) is 0 Å². The molecule has 5 heteroatoms. The molecule has 0 aliphatic carbocycles. The number of hydrogen-bond acceptors (Lipinski definition) is 1. The fourth-order valence-corrected chi connectivity index (χ4v) is 2.57. The first-order valence-electron chi connectivity index (χ1n) is 5.45. The maximum Gasteiger partial charge on any atom is 0.253 e. The van der Waals surface area contributed by atoms with Crippen molar-refractivity contribution in [3.8, 4) is 0 Å². The van der Waals surface area contributed by atoms with E-state index in [1.54, 1.807) is 11.0 Å². The van der Waals surface area contributed by atoms with Gasteiger partial charge in [0.2, 0.25) is 0 Å². The van der Waals surface area contributed by atoms with Crippen LogP contribution in [0.5, 0.6) is 0 Å². The molecule has 0 spiro atoms. The Labute approximate surface area is 113 Å². The molecule has 1 aromatic carbocycles. The Hall–Kier alpha value is -0.610. The van der Waals surface area contributed by atoms with E-state index in [9.17, 15) is 9.18 Å². The van der Waals surface area contributed by atoms with E-state index in [0.29, 0.717) is 23.1 Å². The SMILES string of the molecule is O=C(c1cc(F)cc(Br)c1)N1CCC(Cl)CC1. The van der Waals surface area contributed by atoms with Gasteiger partial charge in [0.15, 0.2) is 0 Å². The van der Waals surface area contributed by atoms with Gasteiger partial charge in [0.05, 0.1) is 0 Å². The summed E-state index contributed by atoms with van der Waals surface area (Å²) in [5, 5.41) is 0.151. The molecule has 1 aliphatic rings. The molecule has 1 amide bonds. The van der Waals surface area contributed by atoms with Crippen LogP contribution in [0.15, 0.2) is 22.7 Å². The van der Waals surface area contributed by atoms with Crippen LogP contribution in [0.25, 0.3) is 0 Å². The van der Waals surface area contributed by atoms with Gasteiger partial charge >= 0.3 is 0 Å². The zero-order valence-electron chi connectivity index (χ0n) is 9.13. The van der Waals surface area contributed by atoms with Crippen molar-refractivity contribution in [1.29, 1.82) is 0 Å². The molecular weight excluding hydrogens is 308 g/mol. The summed E-state index contributed by atoms with van der Waals surface area (Å²) in [6, 6.07) is 4.24. The number of amides is 1. The van der Waals surface area contributed by atoms with E-state index in [-0.39, 0.29) is 11.3 Å². The van der Waals surface area contributed by atoms with Gasteiger partial charge in [0.25, 0.3) is 5.91 Å². The summed E-state index contributed by atoms with van der Waals surface area (Å²) in [5.74, 6) is -0.538. The number of benzene rings is 1. The molecule has 0 N–H and O–H groups in total. The Morgan fingerprint density at radius 3 is 2.59 bits per heavy atom. The second-order valence-corrected chi connectivity index (χ2v) is 5.66. The number of rotatable bonds is 1. The fourth-order valence-electron chi connectivity index (χ4n) is 1.91. The van der Waals surface area contributed by atoms with Crippen molar-refractivity contribution in [2.75, 3.05) is 13.1 Å². The normalized spacial score (nSPS) is 17.2. The van der Waals surface area contributed by atoms with Gasteiger partial charge in [-0.15, -0.1) is 11.6 Å². The minimum absolute atomic E-state index is 0.131. The smallest absolute Gasteiger partial charge is 0.253 e. The van der Waals surface area contributed by atoms with Gasteiger partial charge in [0.1, 0.15) is 5.82 Å². The summed E-state index contributed by atoms with van der Waals surface area (Å²) in [6.07, 6.45) is 1.59. The first-order valence-corrected chi connectivity index (χ1v) is 6.68. The van der Waals surface area contributed by atoms with Gasteiger partial charge in [-0.25, -0.2) is 4.39 Å². The van der Waals surface area contributed by atoms with Crippen LogP contribution in [-0.4, -0.2) is 29.3 Å². The Balaban J connectivity index is 2.14. The molecule has 1 aromatic rings. The maximum absolute atomic E-state index is 13.2. The minimum Gasteiger partial charge on any atom is -0.339 e. The van der Waals surface area contributed by atoms with Gasteiger partial charge in [0, 0.05) is 28.5 Å². The Morgan fingerprint density at radius 1 is 1.35 bits per heavy atom. The predicted octanol–water partition coefficient (Wildman–Crippen LogP) is 3.43. The van der Waals surface area contributed by atoms with Gasteiger partial charge in [-0.2, -0.15) is 0 Å². The highest BCUT2D eigenvalue weighted by molar-refractivity contribution is 9.10. The van der Waals surface area contributed by atoms with Crippen molar-refractivity contribution in [2.45, 2.75) is 18.2 Å². The van der Waals surface area contributed by atoms with E-state index < -0.39 is 5.82 Å². The third-order valence-electron chi connectivity index (χ3n) is 2.82. The fraction of sp³-hybridized carbons (Fsp3) is 0.417. The Morgan fingerprint density at radius 2 is 2.00 bits per heavy atom. The molecule has 0 aromatic heterocycles. The molecule has 17 heavy (non-hydrogen) atoms. The lowest BCUT2D eigenvalue weighted by atomic mass is 10.1. The number of likely N-dealkylation sites (tertiary alicyclic amines) is 1. The van der Waals surface area contributed by atoms with Crippen LogP contribution in [0.1, 0.15) is 23.2 Å². The zero-order chi connectivity index (χ0) is 12.4. The average molecular weight is 321 g/mol. The first-order chi connectivity index (χ1) is 8.06. The summed E-state index contributed by atoms with van der Waals surface area (Å²) in [4.78, 5) is 13.8. The van der Waals surface area contributed by atoms with Gasteiger partial charge in [-0.05, 0) is 31.0 Å². The highest BCUT2D eigenvalue weighted by Crippen LogP contribution is 2.20. The molecule has 2 nitrogen and oxygen atoms in total. The molecule has 0 unspecified atom stereocenters. The molecule has 0 saturated carbocycles. The van der Waals surface area contributed by atoms with E-state index in [0.717, 1.165) is 12.8 Å². The first kappa shape index (κ1) is 12.8. The number of piperidine rings is 1. The van der Waals surface area contributed by atoms with E-state index in [1.165, 1.54) is 12.1 Å². The summed E-state index contributed by atoms with van der Waals surface area (Å²) in [6.45, 7) is 1.28. The predicted molar refractivity (Wildman–Crippen MR) is 68.9 cm³/mol. The Kier molecular flexibility index (Phi) is 4.05. The summed E-state index contributed by atoms with van der Waals surface area (Å²) in [5.41, 5.74) is 0.380. The molecule has 1 fully saturated rings.